The second-order valence-corrected chi connectivity index (χ2v) is 2.30. The molecule has 0 bridgehead atoms. The molecule has 12 heavy (non-hydrogen) atoms. The number of benzene rings is 1. The van der Waals surface area contributed by atoms with Crippen molar-refractivity contribution in [3.8, 4) is 0 Å². The van der Waals surface area contributed by atoms with Gasteiger partial charge in [-0.15, -0.1) is 0 Å². The Kier molecular flexibility index (Phi) is 2.19. The van der Waals surface area contributed by atoms with Gasteiger partial charge in [0.1, 0.15) is 5.82 Å². The van der Waals surface area contributed by atoms with Crippen LogP contribution in [0.5, 0.6) is 0 Å². The maximum Gasteiger partial charge on any atom is 0.126 e. The van der Waals surface area contributed by atoms with E-state index in [9.17, 15) is 4.39 Å². The van der Waals surface area contributed by atoms with Gasteiger partial charge in [-0.25, -0.2) is 4.39 Å². The van der Waals surface area contributed by atoms with Crippen molar-refractivity contribution in [3.63, 3.8) is 0 Å². The van der Waals surface area contributed by atoms with Crippen LogP contribution in [0.4, 0.5) is 4.39 Å². The Morgan fingerprint density at radius 3 is 3.00 bits per heavy atom. The standard InChI is InChI=1S/C8H8FN3.2H2/c9-8-4-2-1-3-7(8)5-6-11-12-10;;/h1-4H,5-6H2;2*1H/i;2*1+1D. The fourth-order valence-corrected chi connectivity index (χ4v) is 0.916. The van der Waals surface area contributed by atoms with Gasteiger partial charge in [0.15, 0.2) is 0 Å². The van der Waals surface area contributed by atoms with Crippen molar-refractivity contribution < 1.29 is 10.3 Å². The van der Waals surface area contributed by atoms with Crippen LogP contribution in [0.2, 0.25) is 0 Å². The quantitative estimate of drug-likeness (QED) is 0.383. The molecule has 0 aliphatic heterocycles. The Labute approximate surface area is 75.6 Å². The van der Waals surface area contributed by atoms with Gasteiger partial charge in [0.2, 0.25) is 0 Å². The number of halogens is 1. The molecule has 0 saturated heterocycles. The summed E-state index contributed by atoms with van der Waals surface area (Å²) in [5, 5.41) is 3.32. The summed E-state index contributed by atoms with van der Waals surface area (Å²) in [6.07, 6.45) is 0.455. The first-order chi connectivity index (χ1) is 7.84. The molecule has 3 nitrogen and oxygen atoms in total. The second kappa shape index (κ2) is 4.36. The minimum Gasteiger partial charge on any atom is -0.207 e. The molecule has 0 aliphatic rings. The smallest absolute Gasteiger partial charge is 0.126 e. The molecule has 0 spiro atoms. The molecule has 0 unspecified atom stereocenters. The highest BCUT2D eigenvalue weighted by Gasteiger charge is 1.97. The van der Waals surface area contributed by atoms with E-state index in [2.05, 4.69) is 10.0 Å². The normalized spacial score (nSPS) is 10.4. The summed E-state index contributed by atoms with van der Waals surface area (Å²) in [7, 11) is 0. The van der Waals surface area contributed by atoms with E-state index in [4.69, 9.17) is 11.5 Å². The van der Waals surface area contributed by atoms with E-state index >= 15 is 0 Å². The molecular formula is C8H12FN3. The van der Waals surface area contributed by atoms with Gasteiger partial charge in [-0.1, -0.05) is 23.3 Å². The zero-order chi connectivity index (χ0) is 12.8. The van der Waals surface area contributed by atoms with Crippen molar-refractivity contribution in [1.82, 2.24) is 0 Å². The minimum atomic E-state index is -0.245. The summed E-state index contributed by atoms with van der Waals surface area (Å²) in [5.74, 6) is -0.245. The summed E-state index contributed by atoms with van der Waals surface area (Å²) in [6.45, 7) is 0.303. The molecule has 0 aromatic heterocycles. The molecule has 0 saturated carbocycles. The van der Waals surface area contributed by atoms with Crippen LogP contribution >= 0.6 is 0 Å². The number of azide groups is 1. The van der Waals surface area contributed by atoms with Crippen LogP contribution in [0, 0.1) is 5.82 Å². The highest BCUT2D eigenvalue weighted by atomic mass is 19.1. The number of nitrogens with zero attached hydrogens (tertiary/aromatic N) is 3. The summed E-state index contributed by atoms with van der Waals surface area (Å²) in [4.78, 5) is 2.58. The van der Waals surface area contributed by atoms with E-state index in [1.807, 2.05) is 0 Å². The topological polar surface area (TPSA) is 48.8 Å². The lowest BCUT2D eigenvalue weighted by Crippen LogP contribution is -1.91. The van der Waals surface area contributed by atoms with Gasteiger partial charge in [0.05, 0.1) is 0 Å². The zero-order valence-electron chi connectivity index (χ0n) is 10.4. The van der Waals surface area contributed by atoms with Gasteiger partial charge in [-0.05, 0) is 23.6 Å². The number of hydrogen-bond acceptors (Lipinski definition) is 1. The predicted octanol–water partition coefficient (Wildman–Crippen LogP) is 3.17. The Morgan fingerprint density at radius 2 is 2.33 bits per heavy atom. The molecule has 0 radical (unpaired) electrons. The van der Waals surface area contributed by atoms with Crippen LogP contribution in [0.25, 0.3) is 10.4 Å². The summed E-state index contributed by atoms with van der Waals surface area (Å²) in [5.41, 5.74) is 8.57. The molecule has 0 amide bonds. The zero-order valence-corrected chi connectivity index (χ0v) is 6.44. The van der Waals surface area contributed by atoms with E-state index in [0.29, 0.717) is 18.5 Å². The molecule has 0 atom stereocenters. The van der Waals surface area contributed by atoms with Crippen molar-refractivity contribution >= 4 is 0 Å². The molecule has 0 aliphatic carbocycles. The van der Waals surface area contributed by atoms with Gasteiger partial charge < -0.3 is 0 Å². The Morgan fingerprint density at radius 1 is 1.58 bits per heavy atom. The molecule has 66 valence electrons. The first-order valence-corrected chi connectivity index (χ1v) is 3.59. The van der Waals surface area contributed by atoms with E-state index in [-0.39, 0.29) is 5.82 Å². The average molecular weight is 173 g/mol. The van der Waals surface area contributed by atoms with E-state index in [1.165, 1.54) is 6.07 Å². The third-order valence-electron chi connectivity index (χ3n) is 1.50. The second-order valence-electron chi connectivity index (χ2n) is 2.30. The van der Waals surface area contributed by atoms with E-state index in [0.717, 1.165) is 0 Å². The van der Waals surface area contributed by atoms with Crippen LogP contribution in [-0.2, 0) is 6.42 Å². The molecular weight excluding hydrogens is 157 g/mol. The summed E-state index contributed by atoms with van der Waals surface area (Å²) >= 11 is 0. The van der Waals surface area contributed by atoms with Crippen molar-refractivity contribution in [2.24, 2.45) is 5.11 Å². The number of hydrogen-bond donors (Lipinski definition) is 0. The first kappa shape index (κ1) is 6.03. The van der Waals surface area contributed by atoms with Crippen LogP contribution in [0.1, 0.15) is 11.5 Å². The van der Waals surface area contributed by atoms with Crippen LogP contribution in [-0.4, -0.2) is 6.54 Å². The minimum absolute atomic E-state index is 0.245. The van der Waals surface area contributed by atoms with Crippen molar-refractivity contribution in [2.75, 3.05) is 6.54 Å². The lowest BCUT2D eigenvalue weighted by atomic mass is 10.1. The van der Waals surface area contributed by atoms with Gasteiger partial charge in [-0.3, -0.25) is 0 Å². The molecule has 0 heterocycles. The van der Waals surface area contributed by atoms with Crippen molar-refractivity contribution in [2.45, 2.75) is 6.42 Å². The van der Waals surface area contributed by atoms with E-state index < -0.39 is 0 Å². The highest BCUT2D eigenvalue weighted by Crippen LogP contribution is 2.06. The van der Waals surface area contributed by atoms with Gasteiger partial charge >= 0.3 is 0 Å². The summed E-state index contributed by atoms with van der Waals surface area (Å²) in [6, 6.07) is 6.47. The lowest BCUT2D eigenvalue weighted by Gasteiger charge is -1.97. The number of rotatable bonds is 3. The fraction of sp³-hybridized carbons (Fsp3) is 0.250. The maximum absolute atomic E-state index is 12.9. The third-order valence-corrected chi connectivity index (χ3v) is 1.50. The van der Waals surface area contributed by atoms with Crippen LogP contribution in [0.15, 0.2) is 29.4 Å². The molecule has 1 aromatic carbocycles. The van der Waals surface area contributed by atoms with Gasteiger partial charge in [-0.2, -0.15) is 0 Å². The SMILES string of the molecule is [2H][2H].[2H][2H].[N-]=[N+]=NCCc1ccccc1F. The monoisotopic (exact) mass is 173 g/mol. The largest absolute Gasteiger partial charge is 0.207 e. The average Bonchev–Trinajstić information content (AvgIpc) is 2.37. The lowest BCUT2D eigenvalue weighted by molar-refractivity contribution is 0.609. The molecule has 1 aromatic rings. The summed E-state index contributed by atoms with van der Waals surface area (Å²) < 4.78 is 32.9. The highest BCUT2D eigenvalue weighted by molar-refractivity contribution is 5.17. The van der Waals surface area contributed by atoms with E-state index in [1.54, 1.807) is 18.2 Å². The van der Waals surface area contributed by atoms with Gasteiger partial charge in [0.25, 0.3) is 0 Å². The van der Waals surface area contributed by atoms with Gasteiger partial charge in [0, 0.05) is 17.4 Å². The Bertz CT molecular complexity index is 318. The van der Waals surface area contributed by atoms with Crippen molar-refractivity contribution in [1.29, 1.82) is 0 Å². The van der Waals surface area contributed by atoms with Crippen LogP contribution < -0.4 is 0 Å². The predicted molar refractivity (Wildman–Crippen MR) is 48.3 cm³/mol. The fourth-order valence-electron chi connectivity index (χ4n) is 0.916. The molecule has 1 rings (SSSR count). The van der Waals surface area contributed by atoms with Crippen molar-refractivity contribution in [3.05, 3.63) is 46.1 Å². The molecule has 4 heteroatoms. The maximum atomic E-state index is 12.9. The van der Waals surface area contributed by atoms with Crippen LogP contribution in [0.3, 0.4) is 0 Å². The Balaban J connectivity index is 0. The molecule has 0 fully saturated rings. The molecule has 0 N–H and O–H groups in total. The Hall–Kier alpha value is -1.54. The third kappa shape index (κ3) is 2.25. The first-order valence-electron chi connectivity index (χ1n) is 5.59.